The van der Waals surface area contributed by atoms with E-state index < -0.39 is 0 Å². The number of ether oxygens (including phenoxy) is 1. The first-order valence-electron chi connectivity index (χ1n) is 4.66. The molecule has 2 nitrogen and oxygen atoms in total. The van der Waals surface area contributed by atoms with Crippen LogP contribution in [0, 0.1) is 0 Å². The van der Waals surface area contributed by atoms with Crippen molar-refractivity contribution in [2.45, 2.75) is 13.3 Å². The number of Topliss-reactive ketones (excluding diaryl/α,β-unsaturated/α-hetero) is 1. The molecule has 0 saturated carbocycles. The fourth-order valence-corrected chi connectivity index (χ4v) is 1.79. The number of fused-ring (bicyclic) bond motifs is 1. The molecule has 0 atom stereocenters. The fourth-order valence-electron chi connectivity index (χ4n) is 1.79. The van der Waals surface area contributed by atoms with E-state index in [9.17, 15) is 4.79 Å². The first-order valence-corrected chi connectivity index (χ1v) is 4.66. The Morgan fingerprint density at radius 2 is 2.36 bits per heavy atom. The highest BCUT2D eigenvalue weighted by Gasteiger charge is 2.20. The Morgan fingerprint density at radius 1 is 1.57 bits per heavy atom. The normalized spacial score (nSPS) is 13.2. The van der Waals surface area contributed by atoms with Crippen molar-refractivity contribution in [1.82, 2.24) is 0 Å². The molecule has 0 radical (unpaired) electrons. The second-order valence-electron chi connectivity index (χ2n) is 3.37. The minimum Gasteiger partial charge on any atom is -0.492 e. The minimum absolute atomic E-state index is 0.0544. The summed E-state index contributed by atoms with van der Waals surface area (Å²) in [4.78, 5) is 11.3. The molecule has 2 rings (SSSR count). The summed E-state index contributed by atoms with van der Waals surface area (Å²) in [7, 11) is 0. The van der Waals surface area contributed by atoms with Crippen LogP contribution < -0.4 is 4.74 Å². The van der Waals surface area contributed by atoms with E-state index in [4.69, 9.17) is 4.74 Å². The van der Waals surface area contributed by atoms with E-state index in [0.29, 0.717) is 12.2 Å². The van der Waals surface area contributed by atoms with Crippen LogP contribution in [-0.2, 0) is 6.42 Å². The van der Waals surface area contributed by atoms with E-state index in [-0.39, 0.29) is 5.78 Å². The van der Waals surface area contributed by atoms with E-state index in [1.54, 1.807) is 13.0 Å². The van der Waals surface area contributed by atoms with Crippen LogP contribution in [0.2, 0.25) is 0 Å². The van der Waals surface area contributed by atoms with E-state index in [2.05, 4.69) is 6.58 Å². The Morgan fingerprint density at radius 3 is 3.00 bits per heavy atom. The van der Waals surface area contributed by atoms with Gasteiger partial charge in [0.1, 0.15) is 5.75 Å². The molecule has 1 aliphatic rings. The SMILES string of the molecule is C=Cc1ccc(C(C)=O)c2c1CCO2. The maximum absolute atomic E-state index is 11.3. The smallest absolute Gasteiger partial charge is 0.163 e. The maximum Gasteiger partial charge on any atom is 0.163 e. The third-order valence-corrected chi connectivity index (χ3v) is 2.49. The first-order chi connectivity index (χ1) is 6.74. The molecule has 1 aliphatic heterocycles. The van der Waals surface area contributed by atoms with Gasteiger partial charge in [-0.15, -0.1) is 0 Å². The van der Waals surface area contributed by atoms with Gasteiger partial charge in [0.2, 0.25) is 0 Å². The van der Waals surface area contributed by atoms with Gasteiger partial charge in [-0.2, -0.15) is 0 Å². The molecule has 0 fully saturated rings. The third-order valence-electron chi connectivity index (χ3n) is 2.49. The van der Waals surface area contributed by atoms with Gasteiger partial charge in [0.05, 0.1) is 12.2 Å². The van der Waals surface area contributed by atoms with Crippen LogP contribution in [0.15, 0.2) is 18.7 Å². The number of ketones is 1. The first kappa shape index (κ1) is 9.00. The van der Waals surface area contributed by atoms with E-state index in [1.807, 2.05) is 12.1 Å². The predicted octanol–water partition coefficient (Wildman–Crippen LogP) is 2.47. The molecule has 0 aromatic heterocycles. The van der Waals surface area contributed by atoms with Crippen LogP contribution >= 0.6 is 0 Å². The van der Waals surface area contributed by atoms with Gasteiger partial charge in [-0.1, -0.05) is 18.7 Å². The van der Waals surface area contributed by atoms with Gasteiger partial charge in [-0.25, -0.2) is 0 Å². The van der Waals surface area contributed by atoms with E-state index in [0.717, 1.165) is 23.3 Å². The molecular formula is C12H12O2. The highest BCUT2D eigenvalue weighted by atomic mass is 16.5. The van der Waals surface area contributed by atoms with Crippen LogP contribution in [0.4, 0.5) is 0 Å². The molecule has 72 valence electrons. The molecule has 1 heterocycles. The van der Waals surface area contributed by atoms with Crippen molar-refractivity contribution < 1.29 is 9.53 Å². The Hall–Kier alpha value is -1.57. The zero-order valence-electron chi connectivity index (χ0n) is 8.17. The van der Waals surface area contributed by atoms with Gasteiger partial charge in [0.15, 0.2) is 5.78 Å². The molecule has 1 aromatic carbocycles. The second-order valence-corrected chi connectivity index (χ2v) is 3.37. The van der Waals surface area contributed by atoms with Gasteiger partial charge in [-0.05, 0) is 18.6 Å². The van der Waals surface area contributed by atoms with Gasteiger partial charge in [0, 0.05) is 12.0 Å². The number of benzene rings is 1. The molecule has 0 N–H and O–H groups in total. The molecule has 0 spiro atoms. The quantitative estimate of drug-likeness (QED) is 0.666. The van der Waals surface area contributed by atoms with Crippen molar-refractivity contribution >= 4 is 11.9 Å². The summed E-state index contributed by atoms with van der Waals surface area (Å²) in [5.74, 6) is 0.814. The molecule has 2 heteroatoms. The zero-order chi connectivity index (χ0) is 10.1. The number of carbonyl (C=O) groups is 1. The second kappa shape index (κ2) is 3.29. The Labute approximate surface area is 83.2 Å². The number of hydrogen-bond acceptors (Lipinski definition) is 2. The van der Waals surface area contributed by atoms with Crippen LogP contribution in [0.5, 0.6) is 5.75 Å². The largest absolute Gasteiger partial charge is 0.492 e. The average molecular weight is 188 g/mol. The molecular weight excluding hydrogens is 176 g/mol. The molecule has 0 bridgehead atoms. The number of hydrogen-bond donors (Lipinski definition) is 0. The van der Waals surface area contributed by atoms with Crippen molar-refractivity contribution in [1.29, 1.82) is 0 Å². The summed E-state index contributed by atoms with van der Waals surface area (Å²) >= 11 is 0. The van der Waals surface area contributed by atoms with E-state index in [1.165, 1.54) is 0 Å². The summed E-state index contributed by atoms with van der Waals surface area (Å²) < 4.78 is 5.46. The topological polar surface area (TPSA) is 26.3 Å². The number of carbonyl (C=O) groups excluding carboxylic acids is 1. The lowest BCUT2D eigenvalue weighted by molar-refractivity contribution is 0.101. The lowest BCUT2D eigenvalue weighted by atomic mass is 10.00. The Kier molecular flexibility index (Phi) is 2.12. The van der Waals surface area contributed by atoms with E-state index >= 15 is 0 Å². The maximum atomic E-state index is 11.3. The highest BCUT2D eigenvalue weighted by molar-refractivity contribution is 5.98. The average Bonchev–Trinajstić information content (AvgIpc) is 2.64. The molecule has 1 aromatic rings. The van der Waals surface area contributed by atoms with Crippen LogP contribution in [0.3, 0.4) is 0 Å². The Balaban J connectivity index is 2.64. The summed E-state index contributed by atoms with van der Waals surface area (Å²) in [6.45, 7) is 5.97. The summed E-state index contributed by atoms with van der Waals surface area (Å²) in [6.07, 6.45) is 2.68. The predicted molar refractivity (Wildman–Crippen MR) is 55.7 cm³/mol. The van der Waals surface area contributed by atoms with Gasteiger partial charge >= 0.3 is 0 Å². The van der Waals surface area contributed by atoms with Crippen molar-refractivity contribution in [2.75, 3.05) is 6.61 Å². The fraction of sp³-hybridized carbons (Fsp3) is 0.250. The zero-order valence-corrected chi connectivity index (χ0v) is 8.17. The monoisotopic (exact) mass is 188 g/mol. The standard InChI is InChI=1S/C12H12O2/c1-3-9-4-5-10(8(2)13)12-11(9)6-7-14-12/h3-5H,1,6-7H2,2H3. The molecule has 0 amide bonds. The van der Waals surface area contributed by atoms with Crippen LogP contribution in [0.1, 0.15) is 28.4 Å². The molecule has 14 heavy (non-hydrogen) atoms. The minimum atomic E-state index is 0.0544. The molecule has 0 saturated heterocycles. The number of rotatable bonds is 2. The van der Waals surface area contributed by atoms with Crippen molar-refractivity contribution in [3.63, 3.8) is 0 Å². The van der Waals surface area contributed by atoms with Crippen LogP contribution in [-0.4, -0.2) is 12.4 Å². The van der Waals surface area contributed by atoms with Crippen LogP contribution in [0.25, 0.3) is 6.08 Å². The lowest BCUT2D eigenvalue weighted by Crippen LogP contribution is -1.97. The van der Waals surface area contributed by atoms with Crippen molar-refractivity contribution in [2.24, 2.45) is 0 Å². The summed E-state index contributed by atoms with van der Waals surface area (Å²) in [5, 5.41) is 0. The van der Waals surface area contributed by atoms with Crippen molar-refractivity contribution in [3.8, 4) is 5.75 Å². The third kappa shape index (κ3) is 1.23. The lowest BCUT2D eigenvalue weighted by Gasteiger charge is -2.06. The summed E-state index contributed by atoms with van der Waals surface area (Å²) in [5.41, 5.74) is 2.87. The Bertz CT molecular complexity index is 405. The van der Waals surface area contributed by atoms with Gasteiger partial charge in [-0.3, -0.25) is 4.79 Å². The van der Waals surface area contributed by atoms with Crippen molar-refractivity contribution in [3.05, 3.63) is 35.4 Å². The summed E-state index contributed by atoms with van der Waals surface area (Å²) in [6, 6.07) is 3.74. The van der Waals surface area contributed by atoms with Gasteiger partial charge in [0.25, 0.3) is 0 Å². The molecule has 0 aliphatic carbocycles. The van der Waals surface area contributed by atoms with Gasteiger partial charge < -0.3 is 4.74 Å². The molecule has 0 unspecified atom stereocenters. The highest BCUT2D eigenvalue weighted by Crippen LogP contribution is 2.33.